The Bertz CT molecular complexity index is 1130. The average Bonchev–Trinajstić information content (AvgIpc) is 3.19. The number of imide groups is 1. The van der Waals surface area contributed by atoms with Gasteiger partial charge >= 0.3 is 18.2 Å². The first-order valence-electron chi connectivity index (χ1n) is 12.7. The molecule has 0 saturated carbocycles. The average molecular weight is 582 g/mol. The van der Waals surface area contributed by atoms with Crippen LogP contribution < -0.4 is 0 Å². The summed E-state index contributed by atoms with van der Waals surface area (Å²) in [5.41, 5.74) is 0. The summed E-state index contributed by atoms with van der Waals surface area (Å²) in [5.74, 6) is -1.28. The van der Waals surface area contributed by atoms with Gasteiger partial charge in [-0.3, -0.25) is 4.79 Å². The molecule has 1 aromatic rings. The number of hydrogen-bond acceptors (Lipinski definition) is 11. The van der Waals surface area contributed by atoms with Crippen LogP contribution in [0, 0.1) is 0 Å². The highest BCUT2D eigenvalue weighted by Crippen LogP contribution is 2.49. The molecule has 3 aliphatic heterocycles. The number of benzene rings is 1. The quantitative estimate of drug-likeness (QED) is 0.274. The second-order valence-corrected chi connectivity index (χ2v) is 17.4. The van der Waals surface area contributed by atoms with Crippen molar-refractivity contribution in [3.8, 4) is 0 Å². The zero-order valence-electron chi connectivity index (χ0n) is 23.1. The molecule has 0 spiro atoms. The fourth-order valence-corrected chi connectivity index (χ4v) is 7.30. The Balaban J connectivity index is 1.80. The lowest BCUT2D eigenvalue weighted by Crippen LogP contribution is -2.67. The molecule has 3 saturated heterocycles. The molecule has 4 rings (SSSR count). The highest BCUT2D eigenvalue weighted by molar-refractivity contribution is 8.01. The fraction of sp³-hybridized carbons (Fsp3) is 0.615. The minimum Gasteiger partial charge on any atom is -0.466 e. The molecular weight excluding hydrogens is 546 g/mol. The van der Waals surface area contributed by atoms with Crippen molar-refractivity contribution in [2.24, 2.45) is 0 Å². The van der Waals surface area contributed by atoms with Crippen molar-refractivity contribution >= 4 is 44.2 Å². The van der Waals surface area contributed by atoms with E-state index in [1.54, 1.807) is 12.1 Å². The molecule has 39 heavy (non-hydrogen) atoms. The third-order valence-electron chi connectivity index (χ3n) is 7.66. The van der Waals surface area contributed by atoms with Gasteiger partial charge in [0, 0.05) is 18.2 Å². The first-order chi connectivity index (χ1) is 18.2. The topological polar surface area (TPSA) is 127 Å². The van der Waals surface area contributed by atoms with Gasteiger partial charge in [0.1, 0.15) is 31.0 Å². The van der Waals surface area contributed by atoms with E-state index in [2.05, 4.69) is 20.8 Å². The highest BCUT2D eigenvalue weighted by atomic mass is 32.2. The lowest BCUT2D eigenvalue weighted by molar-refractivity contribution is -0.214. The second-order valence-electron chi connectivity index (χ2n) is 11.3. The largest absolute Gasteiger partial charge is 0.508 e. The van der Waals surface area contributed by atoms with E-state index < -0.39 is 67.8 Å². The predicted molar refractivity (Wildman–Crippen MR) is 141 cm³/mol. The van der Waals surface area contributed by atoms with E-state index in [0.717, 1.165) is 16.7 Å². The van der Waals surface area contributed by atoms with Crippen LogP contribution in [0.15, 0.2) is 35.2 Å². The molecule has 1 aromatic carbocycles. The summed E-state index contributed by atoms with van der Waals surface area (Å²) in [5, 5.41) is -0.189. The van der Waals surface area contributed by atoms with E-state index in [9.17, 15) is 19.2 Å². The second kappa shape index (κ2) is 10.8. The lowest BCUT2D eigenvalue weighted by Gasteiger charge is -2.49. The van der Waals surface area contributed by atoms with Crippen molar-refractivity contribution in [3.63, 3.8) is 0 Å². The van der Waals surface area contributed by atoms with Crippen LogP contribution in [0.5, 0.6) is 0 Å². The van der Waals surface area contributed by atoms with Crippen LogP contribution in [0.25, 0.3) is 0 Å². The molecule has 13 heteroatoms. The Morgan fingerprint density at radius 2 is 1.77 bits per heavy atom. The van der Waals surface area contributed by atoms with Crippen molar-refractivity contribution in [2.75, 3.05) is 13.7 Å². The van der Waals surface area contributed by atoms with Crippen LogP contribution in [0.3, 0.4) is 0 Å². The number of rotatable bonds is 6. The number of carbonyl (C=O) groups is 4. The third-order valence-corrected chi connectivity index (χ3v) is 13.4. The normalized spacial score (nSPS) is 31.1. The zero-order chi connectivity index (χ0) is 28.8. The first-order valence-corrected chi connectivity index (χ1v) is 16.4. The zero-order valence-corrected chi connectivity index (χ0v) is 24.9. The molecule has 0 radical (unpaired) electrons. The molecule has 2 unspecified atom stereocenters. The standard InChI is InChI=1S/C26H35NO10SSi/c1-15(28)27-19-17(34-23(27)30)13-26(22(29)32-5,38-16-11-9-8-10-12-16)36-21(19)20-18(14-33-24(31)35-20)37-39(6,7)25(2,3)4/h8-12,17-21H,13-14H2,1-7H3/t17-,18?,19+,20?,21+,26+/m0/s1. The minimum absolute atomic E-state index is 0.0964. The third kappa shape index (κ3) is 5.67. The maximum atomic E-state index is 13.4. The van der Waals surface area contributed by atoms with Gasteiger partial charge in [-0.25, -0.2) is 19.3 Å². The molecule has 2 amide bonds. The number of ether oxygens (including phenoxy) is 5. The SMILES string of the molecule is COC(=O)[C@]1(Sc2ccccc2)C[C@@H]2OC(=O)N(C(C)=O)[C@H]2[C@H](C2OC(=O)OCC2O[Si](C)(C)C(C)(C)C)O1. The predicted octanol–water partition coefficient (Wildman–Crippen LogP) is 4.10. The molecule has 3 fully saturated rings. The van der Waals surface area contributed by atoms with Crippen molar-refractivity contribution < 1.29 is 47.3 Å². The van der Waals surface area contributed by atoms with Crippen LogP contribution in [0.1, 0.15) is 34.1 Å². The van der Waals surface area contributed by atoms with Crippen molar-refractivity contribution in [3.05, 3.63) is 30.3 Å². The van der Waals surface area contributed by atoms with Gasteiger partial charge in [-0.2, -0.15) is 0 Å². The number of methoxy groups -OCH3 is 1. The number of hydrogen-bond donors (Lipinski definition) is 0. The van der Waals surface area contributed by atoms with Gasteiger partial charge < -0.3 is 28.1 Å². The number of thioether (sulfide) groups is 1. The molecule has 214 valence electrons. The molecule has 0 aliphatic carbocycles. The maximum Gasteiger partial charge on any atom is 0.508 e. The van der Waals surface area contributed by atoms with Crippen LogP contribution >= 0.6 is 11.8 Å². The maximum absolute atomic E-state index is 13.4. The van der Waals surface area contributed by atoms with E-state index in [-0.39, 0.29) is 18.1 Å². The van der Waals surface area contributed by atoms with Crippen molar-refractivity contribution in [1.29, 1.82) is 0 Å². The molecule has 0 aromatic heterocycles. The van der Waals surface area contributed by atoms with E-state index in [4.69, 9.17) is 28.1 Å². The smallest absolute Gasteiger partial charge is 0.466 e. The number of amides is 2. The Morgan fingerprint density at radius 3 is 2.36 bits per heavy atom. The molecule has 0 bridgehead atoms. The Morgan fingerprint density at radius 1 is 1.10 bits per heavy atom. The molecule has 3 aliphatic rings. The highest BCUT2D eigenvalue weighted by Gasteiger charge is 2.64. The Hall–Kier alpha value is -2.61. The van der Waals surface area contributed by atoms with Gasteiger partial charge in [-0.15, -0.1) is 0 Å². The first kappa shape index (κ1) is 29.4. The summed E-state index contributed by atoms with van der Waals surface area (Å²) in [6, 6.07) is 8.09. The summed E-state index contributed by atoms with van der Waals surface area (Å²) >= 11 is 1.10. The van der Waals surface area contributed by atoms with Crippen LogP contribution in [0.2, 0.25) is 18.1 Å². The van der Waals surface area contributed by atoms with E-state index >= 15 is 0 Å². The number of esters is 1. The Kier molecular flexibility index (Phi) is 8.10. The Labute approximate surface area is 232 Å². The fourth-order valence-electron chi connectivity index (χ4n) is 4.74. The molecule has 6 atom stereocenters. The number of fused-ring (bicyclic) bond motifs is 1. The molecular formula is C26H35NO10SSi. The van der Waals surface area contributed by atoms with Gasteiger partial charge in [0.15, 0.2) is 14.4 Å². The van der Waals surface area contributed by atoms with Gasteiger partial charge in [-0.1, -0.05) is 50.7 Å². The summed E-state index contributed by atoms with van der Waals surface area (Å²) in [7, 11) is -1.20. The van der Waals surface area contributed by atoms with Crippen molar-refractivity contribution in [2.45, 2.75) is 92.5 Å². The molecule has 3 heterocycles. The summed E-state index contributed by atoms with van der Waals surface area (Å²) in [4.78, 5) is 51.2. The van der Waals surface area contributed by atoms with Crippen LogP contribution in [-0.2, 0) is 37.7 Å². The van der Waals surface area contributed by atoms with Gasteiger partial charge in [-0.05, 0) is 30.3 Å². The number of cyclic esters (lactones) is 2. The summed E-state index contributed by atoms with van der Waals surface area (Å²) in [6.45, 7) is 11.4. The van der Waals surface area contributed by atoms with Gasteiger partial charge in [0.05, 0.1) is 7.11 Å². The van der Waals surface area contributed by atoms with Crippen LogP contribution in [0.4, 0.5) is 9.59 Å². The number of carbonyl (C=O) groups excluding carboxylic acids is 4. The van der Waals surface area contributed by atoms with E-state index in [1.165, 1.54) is 14.0 Å². The monoisotopic (exact) mass is 581 g/mol. The molecule has 11 nitrogen and oxygen atoms in total. The van der Waals surface area contributed by atoms with Gasteiger partial charge in [0.25, 0.3) is 0 Å². The van der Waals surface area contributed by atoms with E-state index in [0.29, 0.717) is 4.90 Å². The van der Waals surface area contributed by atoms with E-state index in [1.807, 2.05) is 31.3 Å². The summed E-state index contributed by atoms with van der Waals surface area (Å²) in [6.07, 6.45) is -5.95. The molecule has 0 N–H and O–H groups in total. The van der Waals surface area contributed by atoms with Crippen molar-refractivity contribution in [1.82, 2.24) is 4.90 Å². The summed E-state index contributed by atoms with van der Waals surface area (Å²) < 4.78 is 34.8. The number of nitrogens with zero attached hydrogens (tertiary/aromatic N) is 1. The van der Waals surface area contributed by atoms with Crippen LogP contribution in [-0.4, -0.2) is 86.4 Å². The minimum atomic E-state index is -2.43. The van der Waals surface area contributed by atoms with Gasteiger partial charge in [0.2, 0.25) is 10.8 Å². The lowest BCUT2D eigenvalue weighted by atomic mass is 9.89.